The summed E-state index contributed by atoms with van der Waals surface area (Å²) in [5.74, 6) is -0.500. The zero-order valence-corrected chi connectivity index (χ0v) is 14.8. The maximum atomic E-state index is 12.7. The fourth-order valence-electron chi connectivity index (χ4n) is 3.07. The van der Waals surface area contributed by atoms with E-state index in [9.17, 15) is 9.59 Å². The molecule has 7 heteroatoms. The minimum Gasteiger partial charge on any atom is -0.497 e. The molecule has 26 heavy (non-hydrogen) atoms. The van der Waals surface area contributed by atoms with Crippen molar-refractivity contribution in [1.29, 1.82) is 0 Å². The van der Waals surface area contributed by atoms with Gasteiger partial charge in [0.1, 0.15) is 17.1 Å². The largest absolute Gasteiger partial charge is 0.497 e. The van der Waals surface area contributed by atoms with Crippen molar-refractivity contribution in [3.63, 3.8) is 0 Å². The summed E-state index contributed by atoms with van der Waals surface area (Å²) in [6, 6.07) is 8.79. The van der Waals surface area contributed by atoms with E-state index in [1.165, 1.54) is 0 Å². The SMILES string of the molecule is CCOC(=O)C1=C(N)Oc2cc(C)[nH]c(=O)c2C1c1cccc(OC)c1. The number of rotatable bonds is 4. The maximum Gasteiger partial charge on any atom is 0.340 e. The summed E-state index contributed by atoms with van der Waals surface area (Å²) in [6.07, 6.45) is 0. The molecule has 7 nitrogen and oxygen atoms in total. The van der Waals surface area contributed by atoms with E-state index in [1.807, 2.05) is 0 Å². The predicted octanol–water partition coefficient (Wildman–Crippen LogP) is 1.95. The van der Waals surface area contributed by atoms with Gasteiger partial charge in [0.25, 0.3) is 5.56 Å². The second kappa shape index (κ2) is 6.95. The number of nitrogens with two attached hydrogens (primary N) is 1. The van der Waals surface area contributed by atoms with Crippen molar-refractivity contribution in [2.24, 2.45) is 5.73 Å². The monoisotopic (exact) mass is 356 g/mol. The van der Waals surface area contributed by atoms with E-state index in [0.717, 1.165) is 0 Å². The molecule has 1 aliphatic heterocycles. The Bertz CT molecular complexity index is 945. The molecule has 0 aliphatic carbocycles. The number of hydrogen-bond acceptors (Lipinski definition) is 6. The lowest BCUT2D eigenvalue weighted by molar-refractivity contribution is -0.139. The van der Waals surface area contributed by atoms with E-state index in [1.54, 1.807) is 51.3 Å². The number of aryl methyl sites for hydroxylation is 1. The van der Waals surface area contributed by atoms with Crippen LogP contribution in [0.2, 0.25) is 0 Å². The third-order valence-corrected chi connectivity index (χ3v) is 4.15. The highest BCUT2D eigenvalue weighted by Crippen LogP contribution is 2.41. The van der Waals surface area contributed by atoms with Gasteiger partial charge in [0.15, 0.2) is 0 Å². The molecule has 1 aromatic heterocycles. The first kappa shape index (κ1) is 17.6. The molecule has 0 saturated heterocycles. The van der Waals surface area contributed by atoms with Crippen molar-refractivity contribution in [2.75, 3.05) is 13.7 Å². The standard InChI is InChI=1S/C19H20N2O5/c1-4-25-19(23)16-14(11-6-5-7-12(9-11)24-3)15-13(26-17(16)20)8-10(2)21-18(15)22/h5-9,14H,4,20H2,1-3H3,(H,21,22). The lowest BCUT2D eigenvalue weighted by atomic mass is 9.83. The molecule has 136 valence electrons. The van der Waals surface area contributed by atoms with Crippen molar-refractivity contribution in [3.8, 4) is 11.5 Å². The van der Waals surface area contributed by atoms with Gasteiger partial charge < -0.3 is 24.9 Å². The van der Waals surface area contributed by atoms with Crippen LogP contribution >= 0.6 is 0 Å². The molecule has 3 rings (SSSR count). The summed E-state index contributed by atoms with van der Waals surface area (Å²) in [4.78, 5) is 28.0. The number of esters is 1. The Labute approximate surface area is 150 Å². The van der Waals surface area contributed by atoms with Crippen molar-refractivity contribution >= 4 is 5.97 Å². The molecule has 0 bridgehead atoms. The lowest BCUT2D eigenvalue weighted by Crippen LogP contribution is -2.32. The molecule has 0 fully saturated rings. The highest BCUT2D eigenvalue weighted by atomic mass is 16.5. The van der Waals surface area contributed by atoms with Crippen LogP contribution in [0.4, 0.5) is 0 Å². The summed E-state index contributed by atoms with van der Waals surface area (Å²) < 4.78 is 16.0. The number of H-pyrrole nitrogens is 1. The van der Waals surface area contributed by atoms with Crippen LogP contribution in [0, 0.1) is 6.92 Å². The van der Waals surface area contributed by atoms with Crippen LogP contribution in [0.15, 0.2) is 46.6 Å². The number of aromatic nitrogens is 1. The Morgan fingerprint density at radius 2 is 2.12 bits per heavy atom. The van der Waals surface area contributed by atoms with Crippen LogP contribution in [0.1, 0.15) is 29.7 Å². The van der Waals surface area contributed by atoms with Gasteiger partial charge in [0, 0.05) is 11.8 Å². The highest BCUT2D eigenvalue weighted by molar-refractivity contribution is 5.92. The molecule has 0 radical (unpaired) electrons. The number of hydrogen-bond donors (Lipinski definition) is 2. The minimum absolute atomic E-state index is 0.0752. The Morgan fingerprint density at radius 1 is 1.35 bits per heavy atom. The number of carbonyl (C=O) groups is 1. The minimum atomic E-state index is -0.725. The first-order valence-corrected chi connectivity index (χ1v) is 8.18. The number of benzene rings is 1. The van der Waals surface area contributed by atoms with Gasteiger partial charge >= 0.3 is 5.97 Å². The Balaban J connectivity index is 2.27. The number of nitrogens with one attached hydrogen (secondary N) is 1. The van der Waals surface area contributed by atoms with Crippen molar-refractivity contribution in [3.05, 3.63) is 69.0 Å². The van der Waals surface area contributed by atoms with Crippen molar-refractivity contribution in [1.82, 2.24) is 4.98 Å². The molecule has 0 spiro atoms. The second-order valence-corrected chi connectivity index (χ2v) is 5.87. The molecule has 3 N–H and O–H groups in total. The number of aromatic amines is 1. The average molecular weight is 356 g/mol. The van der Waals surface area contributed by atoms with Gasteiger partial charge in [-0.25, -0.2) is 4.79 Å². The fraction of sp³-hybridized carbons (Fsp3) is 0.263. The number of carbonyl (C=O) groups excluding carboxylic acids is 1. The summed E-state index contributed by atoms with van der Waals surface area (Å²) in [5.41, 5.74) is 7.40. The number of fused-ring (bicyclic) bond motifs is 1. The van der Waals surface area contributed by atoms with Gasteiger partial charge in [-0.05, 0) is 31.5 Å². The molecule has 1 atom stereocenters. The Hall–Kier alpha value is -3.22. The summed E-state index contributed by atoms with van der Waals surface area (Å²) in [5, 5.41) is 0. The van der Waals surface area contributed by atoms with E-state index >= 15 is 0 Å². The van der Waals surface area contributed by atoms with E-state index in [-0.39, 0.29) is 23.6 Å². The van der Waals surface area contributed by atoms with Crippen LogP contribution in [0.25, 0.3) is 0 Å². The average Bonchev–Trinajstić information content (AvgIpc) is 2.60. The van der Waals surface area contributed by atoms with E-state index in [0.29, 0.717) is 28.3 Å². The molecular formula is C19H20N2O5. The first-order valence-electron chi connectivity index (χ1n) is 8.18. The molecule has 2 aromatic rings. The fourth-order valence-corrected chi connectivity index (χ4v) is 3.07. The zero-order valence-electron chi connectivity index (χ0n) is 14.8. The maximum absolute atomic E-state index is 12.7. The summed E-state index contributed by atoms with van der Waals surface area (Å²) >= 11 is 0. The summed E-state index contributed by atoms with van der Waals surface area (Å²) in [7, 11) is 1.55. The van der Waals surface area contributed by atoms with Crippen LogP contribution < -0.4 is 20.8 Å². The predicted molar refractivity (Wildman–Crippen MR) is 95.1 cm³/mol. The van der Waals surface area contributed by atoms with Gasteiger partial charge in [-0.3, -0.25) is 4.79 Å². The molecule has 0 saturated carbocycles. The van der Waals surface area contributed by atoms with Crippen LogP contribution in [0.3, 0.4) is 0 Å². The Kier molecular flexibility index (Phi) is 4.71. The molecular weight excluding hydrogens is 336 g/mol. The topological polar surface area (TPSA) is 104 Å². The van der Waals surface area contributed by atoms with Crippen molar-refractivity contribution in [2.45, 2.75) is 19.8 Å². The van der Waals surface area contributed by atoms with E-state index in [4.69, 9.17) is 19.9 Å². The van der Waals surface area contributed by atoms with E-state index in [2.05, 4.69) is 4.98 Å². The van der Waals surface area contributed by atoms with Crippen LogP contribution in [-0.4, -0.2) is 24.7 Å². The molecule has 2 heterocycles. The quantitative estimate of drug-likeness (QED) is 0.812. The number of methoxy groups -OCH3 is 1. The van der Waals surface area contributed by atoms with E-state index < -0.39 is 11.9 Å². The third kappa shape index (κ3) is 3.03. The molecule has 1 aliphatic rings. The summed E-state index contributed by atoms with van der Waals surface area (Å²) in [6.45, 7) is 3.62. The second-order valence-electron chi connectivity index (χ2n) is 5.87. The van der Waals surface area contributed by atoms with Gasteiger partial charge in [-0.1, -0.05) is 12.1 Å². The first-order chi connectivity index (χ1) is 12.5. The molecule has 0 amide bonds. The van der Waals surface area contributed by atoms with Gasteiger partial charge in [0.2, 0.25) is 5.88 Å². The van der Waals surface area contributed by atoms with Crippen LogP contribution in [0.5, 0.6) is 11.5 Å². The van der Waals surface area contributed by atoms with Gasteiger partial charge in [-0.2, -0.15) is 0 Å². The normalized spacial score (nSPS) is 15.9. The van der Waals surface area contributed by atoms with Gasteiger partial charge in [-0.15, -0.1) is 0 Å². The zero-order chi connectivity index (χ0) is 18.8. The number of pyridine rings is 1. The smallest absolute Gasteiger partial charge is 0.340 e. The molecule has 1 unspecified atom stereocenters. The highest BCUT2D eigenvalue weighted by Gasteiger charge is 2.37. The number of ether oxygens (including phenoxy) is 3. The third-order valence-electron chi connectivity index (χ3n) is 4.15. The lowest BCUT2D eigenvalue weighted by Gasteiger charge is -2.28. The molecule has 1 aromatic carbocycles. The van der Waals surface area contributed by atoms with Crippen LogP contribution in [-0.2, 0) is 9.53 Å². The van der Waals surface area contributed by atoms with Gasteiger partial charge in [0.05, 0.1) is 25.2 Å². The van der Waals surface area contributed by atoms with Crippen molar-refractivity contribution < 1.29 is 19.0 Å². The Morgan fingerprint density at radius 3 is 2.81 bits per heavy atom.